The van der Waals surface area contributed by atoms with Gasteiger partial charge in [0.15, 0.2) is 0 Å². The number of piperidine rings is 1. The summed E-state index contributed by atoms with van der Waals surface area (Å²) >= 11 is 0. The summed E-state index contributed by atoms with van der Waals surface area (Å²) < 4.78 is 0. The van der Waals surface area contributed by atoms with Crippen molar-refractivity contribution in [3.63, 3.8) is 0 Å². The fraction of sp³-hybridized carbons (Fsp3) is 0.562. The summed E-state index contributed by atoms with van der Waals surface area (Å²) in [7, 11) is 0. The molecule has 2 aliphatic rings. The van der Waals surface area contributed by atoms with Crippen LogP contribution in [0.1, 0.15) is 25.7 Å². The van der Waals surface area contributed by atoms with Gasteiger partial charge in [-0.2, -0.15) is 0 Å². The average Bonchev–Trinajstić information content (AvgIpc) is 3.11. The Labute approximate surface area is 134 Å². The molecule has 0 radical (unpaired) electrons. The number of carbonyl (C=O) groups is 2. The van der Waals surface area contributed by atoms with E-state index in [0.29, 0.717) is 13.1 Å². The van der Waals surface area contributed by atoms with E-state index in [-0.39, 0.29) is 29.1 Å². The van der Waals surface area contributed by atoms with Crippen molar-refractivity contribution >= 4 is 17.6 Å². The highest BCUT2D eigenvalue weighted by atomic mass is 16.2. The van der Waals surface area contributed by atoms with Crippen LogP contribution >= 0.6 is 0 Å². The Morgan fingerprint density at radius 3 is 2.61 bits per heavy atom. The van der Waals surface area contributed by atoms with Crippen molar-refractivity contribution in [2.24, 2.45) is 5.92 Å². The minimum absolute atomic E-state index is 0.123. The van der Waals surface area contributed by atoms with Crippen LogP contribution in [0, 0.1) is 5.92 Å². The Bertz CT molecular complexity index is 636. The van der Waals surface area contributed by atoms with Crippen LogP contribution in [-0.2, 0) is 4.79 Å². The Kier molecular flexibility index (Phi) is 4.64. The van der Waals surface area contributed by atoms with Crippen LogP contribution in [0.3, 0.4) is 0 Å². The summed E-state index contributed by atoms with van der Waals surface area (Å²) in [6.45, 7) is 2.70. The summed E-state index contributed by atoms with van der Waals surface area (Å²) in [5, 5.41) is 2.63. The lowest BCUT2D eigenvalue weighted by molar-refractivity contribution is -0.135. The summed E-state index contributed by atoms with van der Waals surface area (Å²) in [4.78, 5) is 42.5. The van der Waals surface area contributed by atoms with Gasteiger partial charge in [-0.05, 0) is 37.8 Å². The molecule has 2 fully saturated rings. The van der Waals surface area contributed by atoms with Crippen molar-refractivity contribution in [1.29, 1.82) is 0 Å². The fourth-order valence-corrected chi connectivity index (χ4v) is 3.27. The summed E-state index contributed by atoms with van der Waals surface area (Å²) in [5.74, 6) is 0.0409. The minimum Gasteiger partial charge on any atom is -0.342 e. The molecule has 0 aliphatic carbocycles. The number of urea groups is 1. The first-order valence-corrected chi connectivity index (χ1v) is 8.17. The normalized spacial score (nSPS) is 21.3. The molecule has 2 N–H and O–H groups in total. The van der Waals surface area contributed by atoms with Crippen LogP contribution in [0.2, 0.25) is 0 Å². The van der Waals surface area contributed by atoms with Crippen LogP contribution in [0.5, 0.6) is 0 Å². The number of hydrogen-bond acceptors (Lipinski definition) is 3. The molecule has 0 saturated carbocycles. The van der Waals surface area contributed by atoms with E-state index in [1.807, 2.05) is 4.90 Å². The Hall–Kier alpha value is -2.31. The number of hydrogen-bond donors (Lipinski definition) is 2. The van der Waals surface area contributed by atoms with Gasteiger partial charge in [-0.25, -0.2) is 4.79 Å². The number of pyridine rings is 1. The Morgan fingerprint density at radius 1 is 1.13 bits per heavy atom. The predicted molar refractivity (Wildman–Crippen MR) is 86.2 cm³/mol. The van der Waals surface area contributed by atoms with E-state index in [1.54, 1.807) is 17.0 Å². The molecule has 124 valence electrons. The third-order valence-corrected chi connectivity index (χ3v) is 4.54. The lowest BCUT2D eigenvalue weighted by atomic mass is 9.97. The summed E-state index contributed by atoms with van der Waals surface area (Å²) in [6.07, 6.45) is 5.29. The van der Waals surface area contributed by atoms with E-state index in [9.17, 15) is 14.4 Å². The SMILES string of the molecule is O=C(Nc1ccc[nH]c1=O)N1CCC[C@H](C(=O)N2CCCC2)C1. The van der Waals surface area contributed by atoms with E-state index >= 15 is 0 Å². The fourth-order valence-electron chi connectivity index (χ4n) is 3.27. The number of aromatic nitrogens is 1. The molecule has 0 spiro atoms. The van der Waals surface area contributed by atoms with Gasteiger partial charge in [0.05, 0.1) is 5.92 Å². The first kappa shape index (κ1) is 15.6. The second kappa shape index (κ2) is 6.85. The van der Waals surface area contributed by atoms with Gasteiger partial charge in [-0.1, -0.05) is 0 Å². The van der Waals surface area contributed by atoms with Gasteiger partial charge < -0.3 is 20.1 Å². The predicted octanol–water partition coefficient (Wildman–Crippen LogP) is 1.24. The van der Waals surface area contributed by atoms with Gasteiger partial charge in [0, 0.05) is 32.4 Å². The summed E-state index contributed by atoms with van der Waals surface area (Å²) in [6, 6.07) is 2.90. The molecule has 1 aromatic heterocycles. The highest BCUT2D eigenvalue weighted by Gasteiger charge is 2.32. The van der Waals surface area contributed by atoms with Crippen molar-refractivity contribution in [2.75, 3.05) is 31.5 Å². The van der Waals surface area contributed by atoms with Gasteiger partial charge in [0.2, 0.25) is 5.91 Å². The monoisotopic (exact) mass is 318 g/mol. The van der Waals surface area contributed by atoms with Crippen molar-refractivity contribution in [3.05, 3.63) is 28.7 Å². The van der Waals surface area contributed by atoms with Crippen LogP contribution in [-0.4, -0.2) is 52.9 Å². The molecular formula is C16H22N4O3. The highest BCUT2D eigenvalue weighted by Crippen LogP contribution is 2.21. The van der Waals surface area contributed by atoms with E-state index in [1.165, 1.54) is 6.20 Å². The molecule has 1 atom stereocenters. The van der Waals surface area contributed by atoms with E-state index in [4.69, 9.17) is 0 Å². The van der Waals surface area contributed by atoms with Gasteiger partial charge in [-0.3, -0.25) is 9.59 Å². The number of nitrogens with one attached hydrogen (secondary N) is 2. The number of amides is 3. The third-order valence-electron chi connectivity index (χ3n) is 4.54. The molecule has 7 nitrogen and oxygen atoms in total. The number of likely N-dealkylation sites (tertiary alicyclic amines) is 2. The standard InChI is InChI=1S/C16H22N4O3/c21-14-13(6-3-7-17-14)18-16(23)20-10-4-5-12(11-20)15(22)19-8-1-2-9-19/h3,6-7,12H,1-2,4-5,8-11H2,(H,17,21)(H,18,23)/t12-/m0/s1. The third kappa shape index (κ3) is 3.55. The maximum absolute atomic E-state index is 12.5. The lowest BCUT2D eigenvalue weighted by Crippen LogP contribution is -2.47. The molecule has 2 saturated heterocycles. The number of aromatic amines is 1. The minimum atomic E-state index is -0.331. The summed E-state index contributed by atoms with van der Waals surface area (Å²) in [5.41, 5.74) is -0.104. The topological polar surface area (TPSA) is 85.5 Å². The second-order valence-electron chi connectivity index (χ2n) is 6.16. The van der Waals surface area contributed by atoms with E-state index < -0.39 is 0 Å². The van der Waals surface area contributed by atoms with E-state index in [2.05, 4.69) is 10.3 Å². The molecule has 7 heteroatoms. The molecule has 23 heavy (non-hydrogen) atoms. The number of nitrogens with zero attached hydrogens (tertiary/aromatic N) is 2. The molecule has 0 unspecified atom stereocenters. The van der Waals surface area contributed by atoms with E-state index in [0.717, 1.165) is 38.8 Å². The zero-order valence-corrected chi connectivity index (χ0v) is 13.1. The van der Waals surface area contributed by atoms with Crippen molar-refractivity contribution in [2.45, 2.75) is 25.7 Å². The maximum Gasteiger partial charge on any atom is 0.322 e. The zero-order valence-electron chi connectivity index (χ0n) is 13.1. The van der Waals surface area contributed by atoms with Crippen molar-refractivity contribution < 1.29 is 9.59 Å². The van der Waals surface area contributed by atoms with Gasteiger partial charge in [-0.15, -0.1) is 0 Å². The zero-order chi connectivity index (χ0) is 16.2. The molecule has 3 rings (SSSR count). The molecule has 3 heterocycles. The number of rotatable bonds is 2. The Balaban J connectivity index is 1.61. The van der Waals surface area contributed by atoms with Crippen LogP contribution in [0.15, 0.2) is 23.1 Å². The molecule has 0 bridgehead atoms. The maximum atomic E-state index is 12.5. The number of anilines is 1. The molecule has 1 aromatic rings. The van der Waals surface area contributed by atoms with Gasteiger partial charge >= 0.3 is 6.03 Å². The lowest BCUT2D eigenvalue weighted by Gasteiger charge is -2.33. The average molecular weight is 318 g/mol. The van der Waals surface area contributed by atoms with Crippen LogP contribution < -0.4 is 10.9 Å². The van der Waals surface area contributed by atoms with Crippen LogP contribution in [0.25, 0.3) is 0 Å². The number of H-pyrrole nitrogens is 1. The Morgan fingerprint density at radius 2 is 1.87 bits per heavy atom. The van der Waals surface area contributed by atoms with Gasteiger partial charge in [0.25, 0.3) is 5.56 Å². The quantitative estimate of drug-likeness (QED) is 0.860. The first-order chi connectivity index (χ1) is 11.1. The highest BCUT2D eigenvalue weighted by molar-refractivity contribution is 5.89. The van der Waals surface area contributed by atoms with Crippen molar-refractivity contribution in [3.8, 4) is 0 Å². The molecule has 3 amide bonds. The molecule has 0 aromatic carbocycles. The van der Waals surface area contributed by atoms with Crippen molar-refractivity contribution in [1.82, 2.24) is 14.8 Å². The number of carbonyl (C=O) groups excluding carboxylic acids is 2. The van der Waals surface area contributed by atoms with Gasteiger partial charge in [0.1, 0.15) is 5.69 Å². The van der Waals surface area contributed by atoms with Crippen LogP contribution in [0.4, 0.5) is 10.5 Å². The molecule has 2 aliphatic heterocycles. The largest absolute Gasteiger partial charge is 0.342 e. The second-order valence-corrected chi connectivity index (χ2v) is 6.16. The first-order valence-electron chi connectivity index (χ1n) is 8.17. The molecular weight excluding hydrogens is 296 g/mol. The smallest absolute Gasteiger partial charge is 0.322 e.